The SMILES string of the molecule is O=C(O)c1coc(N2C[C@@H]3CC[C@H]2CN(Cc2ccccc2)C3)n1. The molecule has 0 unspecified atom stereocenters. The van der Waals surface area contributed by atoms with Gasteiger partial charge in [-0.25, -0.2) is 4.79 Å². The average Bonchev–Trinajstić information content (AvgIpc) is 2.92. The topological polar surface area (TPSA) is 69.8 Å². The Morgan fingerprint density at radius 3 is 2.79 bits per heavy atom. The summed E-state index contributed by atoms with van der Waals surface area (Å²) in [4.78, 5) is 19.8. The first kappa shape index (κ1) is 15.2. The molecule has 3 saturated heterocycles. The largest absolute Gasteiger partial charge is 0.476 e. The molecule has 3 aliphatic rings. The van der Waals surface area contributed by atoms with E-state index in [0.717, 1.165) is 32.6 Å². The number of aromatic nitrogens is 1. The van der Waals surface area contributed by atoms with Gasteiger partial charge >= 0.3 is 5.97 Å². The van der Waals surface area contributed by atoms with Gasteiger partial charge in [0.05, 0.1) is 0 Å². The number of carboxylic acid groups (broad SMARTS) is 1. The molecule has 1 aromatic heterocycles. The van der Waals surface area contributed by atoms with Gasteiger partial charge in [0.2, 0.25) is 0 Å². The maximum atomic E-state index is 11.0. The summed E-state index contributed by atoms with van der Waals surface area (Å²) in [5, 5.41) is 9.04. The molecule has 3 fully saturated rings. The van der Waals surface area contributed by atoms with Gasteiger partial charge < -0.3 is 14.4 Å². The number of rotatable bonds is 4. The van der Waals surface area contributed by atoms with Gasteiger partial charge in [0.25, 0.3) is 6.01 Å². The van der Waals surface area contributed by atoms with Gasteiger partial charge in [-0.1, -0.05) is 30.3 Å². The van der Waals surface area contributed by atoms with Crippen LogP contribution in [0.15, 0.2) is 41.0 Å². The minimum absolute atomic E-state index is 0.0220. The van der Waals surface area contributed by atoms with Crippen LogP contribution in [-0.2, 0) is 6.54 Å². The maximum absolute atomic E-state index is 11.0. The van der Waals surface area contributed by atoms with E-state index in [4.69, 9.17) is 9.52 Å². The number of benzene rings is 1. The van der Waals surface area contributed by atoms with E-state index in [1.54, 1.807) is 0 Å². The zero-order valence-electron chi connectivity index (χ0n) is 13.5. The predicted molar refractivity (Wildman–Crippen MR) is 89.0 cm³/mol. The molecule has 0 amide bonds. The van der Waals surface area contributed by atoms with Gasteiger partial charge in [0.15, 0.2) is 5.69 Å². The Labute approximate surface area is 140 Å². The predicted octanol–water partition coefficient (Wildman–Crippen LogP) is 2.47. The van der Waals surface area contributed by atoms with Gasteiger partial charge in [-0.05, 0) is 24.3 Å². The Kier molecular flexibility index (Phi) is 3.98. The molecule has 1 N–H and O–H groups in total. The van der Waals surface area contributed by atoms with Crippen molar-refractivity contribution in [3.05, 3.63) is 47.9 Å². The summed E-state index contributed by atoms with van der Waals surface area (Å²) in [5.41, 5.74) is 1.31. The molecule has 3 aliphatic heterocycles. The number of fused-ring (bicyclic) bond motifs is 4. The zero-order valence-corrected chi connectivity index (χ0v) is 13.5. The molecule has 5 rings (SSSR count). The highest BCUT2D eigenvalue weighted by molar-refractivity contribution is 5.85. The lowest BCUT2D eigenvalue weighted by Gasteiger charge is -2.34. The first-order valence-corrected chi connectivity index (χ1v) is 8.41. The van der Waals surface area contributed by atoms with Crippen LogP contribution in [-0.4, -0.2) is 46.6 Å². The molecule has 2 aromatic rings. The minimum atomic E-state index is -1.05. The van der Waals surface area contributed by atoms with Crippen molar-refractivity contribution in [1.29, 1.82) is 0 Å². The molecule has 0 saturated carbocycles. The van der Waals surface area contributed by atoms with E-state index in [2.05, 4.69) is 39.0 Å². The van der Waals surface area contributed by atoms with Crippen molar-refractivity contribution in [2.75, 3.05) is 24.5 Å². The van der Waals surface area contributed by atoms with Crippen LogP contribution in [0.1, 0.15) is 28.9 Å². The van der Waals surface area contributed by atoms with Gasteiger partial charge in [-0.2, -0.15) is 4.98 Å². The van der Waals surface area contributed by atoms with Crippen LogP contribution in [0.25, 0.3) is 0 Å². The van der Waals surface area contributed by atoms with E-state index in [1.807, 2.05) is 6.07 Å². The van der Waals surface area contributed by atoms with Crippen LogP contribution in [0, 0.1) is 5.92 Å². The smallest absolute Gasteiger partial charge is 0.357 e. The molecule has 2 bridgehead atoms. The number of anilines is 1. The number of hydrogen-bond donors (Lipinski definition) is 1. The zero-order chi connectivity index (χ0) is 16.5. The highest BCUT2D eigenvalue weighted by Crippen LogP contribution is 2.32. The van der Waals surface area contributed by atoms with Crippen LogP contribution >= 0.6 is 0 Å². The molecule has 0 radical (unpaired) electrons. The van der Waals surface area contributed by atoms with Crippen molar-refractivity contribution in [2.24, 2.45) is 5.92 Å². The molecule has 4 heterocycles. The standard InChI is InChI=1S/C18H21N3O3/c22-17(23)16-12-24-18(19-16)21-10-14-6-7-15(21)11-20(9-14)8-13-4-2-1-3-5-13/h1-5,12,14-15H,6-11H2,(H,22,23)/t14-,15+/m1/s1. The maximum Gasteiger partial charge on any atom is 0.357 e. The Hall–Kier alpha value is -2.34. The lowest BCUT2D eigenvalue weighted by molar-refractivity contribution is 0.0690. The number of aromatic carboxylic acids is 1. The molecule has 24 heavy (non-hydrogen) atoms. The Morgan fingerprint density at radius 2 is 2.04 bits per heavy atom. The second-order valence-corrected chi connectivity index (χ2v) is 6.75. The fourth-order valence-electron chi connectivity index (χ4n) is 3.88. The summed E-state index contributed by atoms with van der Waals surface area (Å²) in [5.74, 6) is -0.483. The number of carbonyl (C=O) groups is 1. The lowest BCUT2D eigenvalue weighted by atomic mass is 9.95. The summed E-state index contributed by atoms with van der Waals surface area (Å²) in [6.07, 6.45) is 3.54. The summed E-state index contributed by atoms with van der Waals surface area (Å²) in [6, 6.07) is 11.3. The average molecular weight is 327 g/mol. The third kappa shape index (κ3) is 3.01. The van der Waals surface area contributed by atoms with E-state index >= 15 is 0 Å². The highest BCUT2D eigenvalue weighted by atomic mass is 16.4. The summed E-state index contributed by atoms with van der Waals surface area (Å²) in [7, 11) is 0. The van der Waals surface area contributed by atoms with Gasteiger partial charge in [-0.15, -0.1) is 0 Å². The highest BCUT2D eigenvalue weighted by Gasteiger charge is 2.37. The molecule has 0 aliphatic carbocycles. The van der Waals surface area contributed by atoms with E-state index in [0.29, 0.717) is 18.0 Å². The monoisotopic (exact) mass is 327 g/mol. The van der Waals surface area contributed by atoms with Crippen LogP contribution in [0.5, 0.6) is 0 Å². The van der Waals surface area contributed by atoms with Crippen molar-refractivity contribution in [1.82, 2.24) is 9.88 Å². The Bertz CT molecular complexity index is 715. The lowest BCUT2D eigenvalue weighted by Crippen LogP contribution is -2.44. The Balaban J connectivity index is 1.51. The third-order valence-corrected chi connectivity index (χ3v) is 5.00. The van der Waals surface area contributed by atoms with E-state index < -0.39 is 5.97 Å². The third-order valence-electron chi connectivity index (χ3n) is 5.00. The summed E-state index contributed by atoms with van der Waals surface area (Å²) >= 11 is 0. The van der Waals surface area contributed by atoms with E-state index in [1.165, 1.54) is 18.2 Å². The minimum Gasteiger partial charge on any atom is -0.476 e. The second-order valence-electron chi connectivity index (χ2n) is 6.75. The normalized spacial score (nSPS) is 24.1. The van der Waals surface area contributed by atoms with Gasteiger partial charge in [0, 0.05) is 32.2 Å². The molecule has 6 heteroatoms. The van der Waals surface area contributed by atoms with Crippen molar-refractivity contribution in [2.45, 2.75) is 25.4 Å². The first-order chi connectivity index (χ1) is 11.7. The fourth-order valence-corrected chi connectivity index (χ4v) is 3.88. The molecule has 0 spiro atoms. The van der Waals surface area contributed by atoms with Crippen LogP contribution in [0.4, 0.5) is 6.01 Å². The molecule has 2 atom stereocenters. The van der Waals surface area contributed by atoms with E-state index in [-0.39, 0.29) is 5.69 Å². The quantitative estimate of drug-likeness (QED) is 0.930. The van der Waals surface area contributed by atoms with Crippen molar-refractivity contribution in [3.63, 3.8) is 0 Å². The second kappa shape index (κ2) is 6.28. The van der Waals surface area contributed by atoms with Crippen molar-refractivity contribution >= 4 is 12.0 Å². The summed E-state index contributed by atoms with van der Waals surface area (Å²) < 4.78 is 5.44. The number of oxazole rings is 1. The molecule has 126 valence electrons. The number of carboxylic acids is 1. The number of nitrogens with zero attached hydrogens (tertiary/aromatic N) is 3. The number of piperidine rings is 1. The van der Waals surface area contributed by atoms with Crippen LogP contribution in [0.3, 0.4) is 0 Å². The van der Waals surface area contributed by atoms with Gasteiger partial charge in [0.1, 0.15) is 6.26 Å². The summed E-state index contributed by atoms with van der Waals surface area (Å²) in [6.45, 7) is 3.85. The Morgan fingerprint density at radius 1 is 1.21 bits per heavy atom. The molecular weight excluding hydrogens is 306 g/mol. The molecule has 1 aromatic carbocycles. The van der Waals surface area contributed by atoms with Crippen molar-refractivity contribution < 1.29 is 14.3 Å². The van der Waals surface area contributed by atoms with Crippen LogP contribution in [0.2, 0.25) is 0 Å². The van der Waals surface area contributed by atoms with Crippen LogP contribution < -0.4 is 4.90 Å². The van der Waals surface area contributed by atoms with Gasteiger partial charge in [-0.3, -0.25) is 4.90 Å². The number of hydrogen-bond acceptors (Lipinski definition) is 5. The van der Waals surface area contributed by atoms with Crippen molar-refractivity contribution in [3.8, 4) is 0 Å². The fraction of sp³-hybridized carbons (Fsp3) is 0.444. The molecular formula is C18H21N3O3. The first-order valence-electron chi connectivity index (χ1n) is 8.41. The van der Waals surface area contributed by atoms with E-state index in [9.17, 15) is 4.79 Å². The molecule has 6 nitrogen and oxygen atoms in total.